The molecule has 0 atom stereocenters. The molecule has 3 nitrogen and oxygen atoms in total. The van der Waals surface area contributed by atoms with E-state index in [0.29, 0.717) is 11.3 Å². The molecular formula is C20H17F2N3S. The lowest BCUT2D eigenvalue weighted by atomic mass is 10.1. The molecule has 0 fully saturated rings. The van der Waals surface area contributed by atoms with Gasteiger partial charge in [-0.3, -0.25) is 4.99 Å². The van der Waals surface area contributed by atoms with Gasteiger partial charge in [0.25, 0.3) is 0 Å². The molecule has 0 aliphatic carbocycles. The van der Waals surface area contributed by atoms with E-state index >= 15 is 0 Å². The smallest absolute Gasteiger partial charge is 0.206 e. The second-order valence-corrected chi connectivity index (χ2v) is 6.46. The van der Waals surface area contributed by atoms with E-state index in [1.54, 1.807) is 10.8 Å². The highest BCUT2D eigenvalue weighted by atomic mass is 32.1. The fraction of sp³-hybridized carbons (Fsp3) is 0.100. The van der Waals surface area contributed by atoms with Gasteiger partial charge in [-0.25, -0.2) is 13.5 Å². The zero-order valence-corrected chi connectivity index (χ0v) is 15.0. The van der Waals surface area contributed by atoms with Crippen molar-refractivity contribution in [2.45, 2.75) is 6.92 Å². The predicted octanol–water partition coefficient (Wildman–Crippen LogP) is 4.77. The van der Waals surface area contributed by atoms with E-state index in [4.69, 9.17) is 0 Å². The van der Waals surface area contributed by atoms with Crippen LogP contribution in [-0.4, -0.2) is 17.4 Å². The first-order chi connectivity index (χ1) is 12.6. The highest BCUT2D eigenvalue weighted by Crippen LogP contribution is 2.20. The van der Waals surface area contributed by atoms with Crippen molar-refractivity contribution in [3.05, 3.63) is 88.1 Å². The molecule has 0 saturated heterocycles. The summed E-state index contributed by atoms with van der Waals surface area (Å²) in [6.07, 6.45) is 3.06. The lowest BCUT2D eigenvalue weighted by Gasteiger charge is -2.04. The first-order valence-electron chi connectivity index (χ1n) is 7.97. The molecule has 0 N–H and O–H groups in total. The fourth-order valence-corrected chi connectivity index (χ4v) is 3.16. The van der Waals surface area contributed by atoms with Gasteiger partial charge in [-0.05, 0) is 19.1 Å². The van der Waals surface area contributed by atoms with Gasteiger partial charge >= 0.3 is 0 Å². The summed E-state index contributed by atoms with van der Waals surface area (Å²) < 4.78 is 28.6. The quantitative estimate of drug-likeness (QED) is 0.458. The Labute approximate surface area is 154 Å². The summed E-state index contributed by atoms with van der Waals surface area (Å²) in [6, 6.07) is 11.4. The Morgan fingerprint density at radius 2 is 1.92 bits per heavy atom. The maximum Gasteiger partial charge on any atom is 0.206 e. The zero-order chi connectivity index (χ0) is 18.5. The number of halogens is 2. The van der Waals surface area contributed by atoms with Gasteiger partial charge in [-0.15, -0.1) is 17.9 Å². The number of hydrogen-bond donors (Lipinski definition) is 0. The van der Waals surface area contributed by atoms with Crippen LogP contribution in [0.3, 0.4) is 0 Å². The molecule has 3 rings (SSSR count). The molecule has 0 unspecified atom stereocenters. The summed E-state index contributed by atoms with van der Waals surface area (Å²) in [5, 5.41) is 6.34. The highest BCUT2D eigenvalue weighted by Gasteiger charge is 2.08. The van der Waals surface area contributed by atoms with Crippen molar-refractivity contribution in [3.63, 3.8) is 0 Å². The Hall–Kier alpha value is -2.86. The molecule has 6 heteroatoms. The number of rotatable bonds is 5. The molecule has 1 heterocycles. The molecule has 132 valence electrons. The number of benzene rings is 2. The molecule has 26 heavy (non-hydrogen) atoms. The van der Waals surface area contributed by atoms with Crippen LogP contribution >= 0.6 is 11.3 Å². The van der Waals surface area contributed by atoms with Gasteiger partial charge in [0.2, 0.25) is 4.80 Å². The molecule has 0 spiro atoms. The lowest BCUT2D eigenvalue weighted by molar-refractivity contribution is 0.582. The van der Waals surface area contributed by atoms with Crippen LogP contribution < -0.4 is 4.80 Å². The van der Waals surface area contributed by atoms with Gasteiger partial charge in [0.1, 0.15) is 11.6 Å². The summed E-state index contributed by atoms with van der Waals surface area (Å²) in [5.74, 6) is -1.28. The third-order valence-electron chi connectivity index (χ3n) is 3.66. The molecular weight excluding hydrogens is 352 g/mol. The molecule has 1 aromatic heterocycles. The Bertz CT molecular complexity index is 1010. The predicted molar refractivity (Wildman–Crippen MR) is 102 cm³/mol. The summed E-state index contributed by atoms with van der Waals surface area (Å²) in [5.41, 5.74) is 3.18. The largest absolute Gasteiger partial charge is 0.253 e. The fourth-order valence-electron chi connectivity index (χ4n) is 2.31. The van der Waals surface area contributed by atoms with Crippen LogP contribution in [0.1, 0.15) is 11.1 Å². The van der Waals surface area contributed by atoms with Crippen molar-refractivity contribution in [3.8, 4) is 11.3 Å². The maximum atomic E-state index is 13.9. The average molecular weight is 369 g/mol. The Morgan fingerprint density at radius 3 is 2.62 bits per heavy atom. The Morgan fingerprint density at radius 1 is 1.15 bits per heavy atom. The second kappa shape index (κ2) is 8.01. The molecule has 3 aromatic rings. The Balaban J connectivity index is 2.08. The monoisotopic (exact) mass is 369 g/mol. The minimum Gasteiger partial charge on any atom is -0.253 e. The summed E-state index contributed by atoms with van der Waals surface area (Å²) in [7, 11) is 0. The molecule has 0 radical (unpaired) electrons. The maximum absolute atomic E-state index is 13.9. The van der Waals surface area contributed by atoms with Crippen LogP contribution in [-0.2, 0) is 0 Å². The van der Waals surface area contributed by atoms with Crippen molar-refractivity contribution in [2.24, 2.45) is 10.1 Å². The molecule has 0 amide bonds. The van der Waals surface area contributed by atoms with E-state index in [2.05, 4.69) is 16.7 Å². The van der Waals surface area contributed by atoms with Gasteiger partial charge in [-0.2, -0.15) is 5.10 Å². The zero-order valence-electron chi connectivity index (χ0n) is 14.2. The van der Waals surface area contributed by atoms with Crippen LogP contribution in [0.15, 0.2) is 70.6 Å². The Kier molecular flexibility index (Phi) is 5.53. The van der Waals surface area contributed by atoms with E-state index in [1.165, 1.54) is 29.7 Å². The first-order valence-corrected chi connectivity index (χ1v) is 8.85. The van der Waals surface area contributed by atoms with Crippen LogP contribution in [0.5, 0.6) is 0 Å². The average Bonchev–Trinajstić information content (AvgIpc) is 3.02. The van der Waals surface area contributed by atoms with Gasteiger partial charge in [0.05, 0.1) is 18.5 Å². The minimum atomic E-state index is -0.661. The SMILES string of the molecule is C=CCN=c1scc(-c2ccc(C)cc2)n1/N=C/c1ccc(F)cc1F. The van der Waals surface area contributed by atoms with E-state index in [9.17, 15) is 8.78 Å². The summed E-state index contributed by atoms with van der Waals surface area (Å²) in [6.45, 7) is 6.14. The van der Waals surface area contributed by atoms with Crippen LogP contribution in [0, 0.1) is 18.6 Å². The number of thiazole rings is 1. The van der Waals surface area contributed by atoms with Crippen molar-refractivity contribution >= 4 is 17.6 Å². The number of hydrogen-bond acceptors (Lipinski definition) is 3. The van der Waals surface area contributed by atoms with Crippen molar-refractivity contribution in [2.75, 3.05) is 6.54 Å². The van der Waals surface area contributed by atoms with Gasteiger partial charge in [-0.1, -0.05) is 35.9 Å². The summed E-state index contributed by atoms with van der Waals surface area (Å²) >= 11 is 1.44. The van der Waals surface area contributed by atoms with Crippen LogP contribution in [0.4, 0.5) is 8.78 Å². The third kappa shape index (κ3) is 4.03. The van der Waals surface area contributed by atoms with Crippen LogP contribution in [0.2, 0.25) is 0 Å². The molecule has 0 bridgehead atoms. The van der Waals surface area contributed by atoms with Gasteiger partial charge in [0.15, 0.2) is 0 Å². The van der Waals surface area contributed by atoms with Crippen molar-refractivity contribution in [1.82, 2.24) is 4.68 Å². The second-order valence-electron chi connectivity index (χ2n) is 5.62. The molecule has 0 saturated carbocycles. The van der Waals surface area contributed by atoms with E-state index in [-0.39, 0.29) is 5.56 Å². The first kappa shape index (κ1) is 17.9. The lowest BCUT2D eigenvalue weighted by Crippen LogP contribution is -2.12. The molecule has 2 aromatic carbocycles. The molecule has 0 aliphatic rings. The van der Waals surface area contributed by atoms with Crippen molar-refractivity contribution in [1.29, 1.82) is 0 Å². The van der Waals surface area contributed by atoms with E-state index in [1.807, 2.05) is 36.6 Å². The van der Waals surface area contributed by atoms with Gasteiger partial charge < -0.3 is 0 Å². The van der Waals surface area contributed by atoms with Crippen molar-refractivity contribution < 1.29 is 8.78 Å². The topological polar surface area (TPSA) is 29.6 Å². The van der Waals surface area contributed by atoms with Crippen LogP contribution in [0.25, 0.3) is 11.3 Å². The van der Waals surface area contributed by atoms with E-state index < -0.39 is 11.6 Å². The highest BCUT2D eigenvalue weighted by molar-refractivity contribution is 7.07. The number of aromatic nitrogens is 1. The number of nitrogens with zero attached hydrogens (tertiary/aromatic N) is 3. The number of aryl methyl sites for hydroxylation is 1. The minimum absolute atomic E-state index is 0.203. The molecule has 0 aliphatic heterocycles. The summed E-state index contributed by atoms with van der Waals surface area (Å²) in [4.78, 5) is 5.10. The standard InChI is InChI=1S/C20H17F2N3S/c1-3-10-23-20-25(24-12-16-8-9-17(21)11-18(16)22)19(13-26-20)15-6-4-14(2)5-7-15/h3-9,11-13H,1,10H2,2H3/b23-20?,24-12+. The normalized spacial score (nSPS) is 12.0. The van der Waals surface area contributed by atoms with E-state index in [0.717, 1.165) is 22.9 Å². The van der Waals surface area contributed by atoms with Gasteiger partial charge in [0, 0.05) is 22.6 Å². The third-order valence-corrected chi connectivity index (χ3v) is 4.52.